The van der Waals surface area contributed by atoms with Gasteiger partial charge in [0.05, 0.1) is 0 Å². The Labute approximate surface area is 71.0 Å². The molecule has 0 aliphatic carbocycles. The maximum atomic E-state index is 10.9. The highest BCUT2D eigenvalue weighted by molar-refractivity contribution is 6.31. The molecule has 0 spiro atoms. The Morgan fingerprint density at radius 2 is 2.00 bits per heavy atom. The molecule has 0 aromatic heterocycles. The van der Waals surface area contributed by atoms with E-state index in [9.17, 15) is 4.79 Å². The van der Waals surface area contributed by atoms with Gasteiger partial charge < -0.3 is 0 Å². The van der Waals surface area contributed by atoms with E-state index in [2.05, 4.69) is 0 Å². The molecule has 0 bridgehead atoms. The fourth-order valence-electron chi connectivity index (χ4n) is 0.940. The van der Waals surface area contributed by atoms with Gasteiger partial charge in [0.2, 0.25) is 0 Å². The number of halogens is 1. The number of Topliss-reactive ketones (excluding diaryl/α,β-unsaturated/α-hetero) is 1. The number of carbonyl (C=O) groups is 1. The smallest absolute Gasteiger partial charge is 0.159 e. The van der Waals surface area contributed by atoms with Crippen LogP contribution in [0, 0.1) is 6.92 Å². The van der Waals surface area contributed by atoms with Crippen molar-refractivity contribution < 1.29 is 4.79 Å². The summed E-state index contributed by atoms with van der Waals surface area (Å²) in [5, 5.41) is 0.621. The lowest BCUT2D eigenvalue weighted by atomic mass is 10.1. The Balaban J connectivity index is 3.19. The van der Waals surface area contributed by atoms with Crippen molar-refractivity contribution in [3.63, 3.8) is 0 Å². The molecule has 11 heavy (non-hydrogen) atoms. The summed E-state index contributed by atoms with van der Waals surface area (Å²) in [6.45, 7) is 3.45. The van der Waals surface area contributed by atoms with Crippen molar-refractivity contribution in [3.8, 4) is 0 Å². The zero-order chi connectivity index (χ0) is 8.43. The van der Waals surface area contributed by atoms with Gasteiger partial charge in [0.25, 0.3) is 0 Å². The molecule has 0 unspecified atom stereocenters. The summed E-state index contributed by atoms with van der Waals surface area (Å²) in [4.78, 5) is 10.9. The summed E-state index contributed by atoms with van der Waals surface area (Å²) in [6, 6.07) is 5.33. The van der Waals surface area contributed by atoms with E-state index in [1.54, 1.807) is 6.07 Å². The van der Waals surface area contributed by atoms with Crippen LogP contribution in [0.15, 0.2) is 18.2 Å². The molecule has 0 saturated heterocycles. The molecule has 0 aliphatic heterocycles. The molecule has 2 heteroatoms. The van der Waals surface area contributed by atoms with E-state index >= 15 is 0 Å². The average molecular weight is 169 g/mol. The highest BCUT2D eigenvalue weighted by Crippen LogP contribution is 2.14. The van der Waals surface area contributed by atoms with Gasteiger partial charge in [-0.25, -0.2) is 0 Å². The van der Waals surface area contributed by atoms with Gasteiger partial charge in [0.15, 0.2) is 5.78 Å². The van der Waals surface area contributed by atoms with Crippen molar-refractivity contribution in [1.29, 1.82) is 0 Å². The standard InChI is InChI=1S/C9H9ClO/c1-6-3-8(7(2)11)5-9(10)4-6/h3-5H,1-2H3. The van der Waals surface area contributed by atoms with Gasteiger partial charge in [-0.15, -0.1) is 0 Å². The summed E-state index contributed by atoms with van der Waals surface area (Å²) in [7, 11) is 0. The highest BCUT2D eigenvalue weighted by atomic mass is 35.5. The number of rotatable bonds is 1. The van der Waals surface area contributed by atoms with Crippen LogP contribution >= 0.6 is 11.6 Å². The topological polar surface area (TPSA) is 17.1 Å². The van der Waals surface area contributed by atoms with Crippen LogP contribution in [0.5, 0.6) is 0 Å². The average Bonchev–Trinajstić information content (AvgIpc) is 1.85. The molecular formula is C9H9ClO. The summed E-state index contributed by atoms with van der Waals surface area (Å²) in [5.41, 5.74) is 1.69. The number of aryl methyl sites for hydroxylation is 1. The number of hydrogen-bond donors (Lipinski definition) is 0. The summed E-state index contributed by atoms with van der Waals surface area (Å²) in [5.74, 6) is 0.0515. The molecule has 0 heterocycles. The SMILES string of the molecule is CC(=O)c1cc(C)cc(Cl)c1. The van der Waals surface area contributed by atoms with Crippen LogP contribution in [0.1, 0.15) is 22.8 Å². The summed E-state index contributed by atoms with van der Waals surface area (Å²) in [6.07, 6.45) is 0. The van der Waals surface area contributed by atoms with Gasteiger partial charge in [-0.3, -0.25) is 4.79 Å². The lowest BCUT2D eigenvalue weighted by Crippen LogP contribution is -1.91. The third-order valence-electron chi connectivity index (χ3n) is 1.45. The molecule has 0 N–H and O–H groups in total. The highest BCUT2D eigenvalue weighted by Gasteiger charge is 2.00. The second-order valence-electron chi connectivity index (χ2n) is 2.57. The number of ketones is 1. The molecule has 1 aromatic rings. The van der Waals surface area contributed by atoms with Crippen LogP contribution in [-0.4, -0.2) is 5.78 Å². The molecule has 0 radical (unpaired) electrons. The lowest BCUT2D eigenvalue weighted by Gasteiger charge is -1.98. The molecule has 0 fully saturated rings. The first-order chi connectivity index (χ1) is 5.09. The van der Waals surface area contributed by atoms with Crippen LogP contribution in [0.2, 0.25) is 5.02 Å². The fourth-order valence-corrected chi connectivity index (χ4v) is 1.23. The first-order valence-electron chi connectivity index (χ1n) is 3.38. The zero-order valence-corrected chi connectivity index (χ0v) is 7.27. The molecule has 58 valence electrons. The van der Waals surface area contributed by atoms with Crippen LogP contribution < -0.4 is 0 Å². The minimum absolute atomic E-state index is 0.0515. The predicted octanol–water partition coefficient (Wildman–Crippen LogP) is 2.85. The molecule has 0 atom stereocenters. The number of carbonyl (C=O) groups excluding carboxylic acids is 1. The van der Waals surface area contributed by atoms with Crippen LogP contribution in [0.25, 0.3) is 0 Å². The van der Waals surface area contributed by atoms with E-state index in [0.29, 0.717) is 10.6 Å². The predicted molar refractivity (Wildman–Crippen MR) is 46.2 cm³/mol. The van der Waals surface area contributed by atoms with Crippen molar-refractivity contribution in [3.05, 3.63) is 34.3 Å². The summed E-state index contributed by atoms with van der Waals surface area (Å²) >= 11 is 5.74. The Morgan fingerprint density at radius 1 is 1.36 bits per heavy atom. The van der Waals surface area contributed by atoms with Crippen LogP contribution in [-0.2, 0) is 0 Å². The third kappa shape index (κ3) is 2.05. The first kappa shape index (κ1) is 8.28. The van der Waals surface area contributed by atoms with E-state index in [1.807, 2.05) is 19.1 Å². The second-order valence-corrected chi connectivity index (χ2v) is 3.01. The van der Waals surface area contributed by atoms with Crippen molar-refractivity contribution in [2.24, 2.45) is 0 Å². The second kappa shape index (κ2) is 3.05. The molecular weight excluding hydrogens is 160 g/mol. The van der Waals surface area contributed by atoms with Crippen LogP contribution in [0.3, 0.4) is 0 Å². The van der Waals surface area contributed by atoms with Gasteiger partial charge in [-0.2, -0.15) is 0 Å². The maximum Gasteiger partial charge on any atom is 0.159 e. The van der Waals surface area contributed by atoms with Crippen molar-refractivity contribution in [2.45, 2.75) is 13.8 Å². The maximum absolute atomic E-state index is 10.9. The fraction of sp³-hybridized carbons (Fsp3) is 0.222. The van der Waals surface area contributed by atoms with Gasteiger partial charge in [-0.05, 0) is 37.6 Å². The van der Waals surface area contributed by atoms with Gasteiger partial charge in [-0.1, -0.05) is 11.6 Å². The molecule has 1 nitrogen and oxygen atoms in total. The normalized spacial score (nSPS) is 9.73. The Morgan fingerprint density at radius 3 is 2.45 bits per heavy atom. The first-order valence-corrected chi connectivity index (χ1v) is 3.75. The third-order valence-corrected chi connectivity index (χ3v) is 1.67. The molecule has 1 rings (SSSR count). The van der Waals surface area contributed by atoms with Crippen molar-refractivity contribution in [2.75, 3.05) is 0 Å². The van der Waals surface area contributed by atoms with Crippen LogP contribution in [0.4, 0.5) is 0 Å². The lowest BCUT2D eigenvalue weighted by molar-refractivity contribution is 0.101. The van der Waals surface area contributed by atoms with E-state index in [-0.39, 0.29) is 5.78 Å². The molecule has 1 aromatic carbocycles. The van der Waals surface area contributed by atoms with Gasteiger partial charge in [0, 0.05) is 10.6 Å². The monoisotopic (exact) mass is 168 g/mol. The minimum atomic E-state index is 0.0515. The molecule has 0 saturated carbocycles. The van der Waals surface area contributed by atoms with E-state index in [0.717, 1.165) is 5.56 Å². The van der Waals surface area contributed by atoms with Gasteiger partial charge >= 0.3 is 0 Å². The largest absolute Gasteiger partial charge is 0.295 e. The van der Waals surface area contributed by atoms with E-state index in [1.165, 1.54) is 6.92 Å². The van der Waals surface area contributed by atoms with Crippen molar-refractivity contribution >= 4 is 17.4 Å². The van der Waals surface area contributed by atoms with E-state index in [4.69, 9.17) is 11.6 Å². The Kier molecular flexibility index (Phi) is 2.30. The molecule has 0 aliphatic rings. The summed E-state index contributed by atoms with van der Waals surface area (Å²) < 4.78 is 0. The van der Waals surface area contributed by atoms with Crippen molar-refractivity contribution in [1.82, 2.24) is 0 Å². The number of benzene rings is 1. The van der Waals surface area contributed by atoms with Gasteiger partial charge in [0.1, 0.15) is 0 Å². The number of hydrogen-bond acceptors (Lipinski definition) is 1. The Bertz CT molecular complexity index is 271. The minimum Gasteiger partial charge on any atom is -0.295 e. The zero-order valence-electron chi connectivity index (χ0n) is 6.52. The quantitative estimate of drug-likeness (QED) is 0.590. The molecule has 0 amide bonds. The van der Waals surface area contributed by atoms with E-state index < -0.39 is 0 Å². The Hall–Kier alpha value is -0.820.